The molecule has 0 saturated carbocycles. The van der Waals surface area contributed by atoms with E-state index in [1.165, 1.54) is 44.9 Å². The smallest absolute Gasteiger partial charge is 0.0581 e. The zero-order valence-electron chi connectivity index (χ0n) is 14.9. The minimum atomic E-state index is -0.342. The van der Waals surface area contributed by atoms with E-state index in [0.717, 1.165) is 18.4 Å². The van der Waals surface area contributed by atoms with E-state index in [1.54, 1.807) is 0 Å². The van der Waals surface area contributed by atoms with Gasteiger partial charge in [-0.1, -0.05) is 88.6 Å². The molecule has 2 heteroatoms. The highest BCUT2D eigenvalue weighted by Gasteiger charge is 2.10. The average Bonchev–Trinajstić information content (AvgIpc) is 2.56. The molecule has 0 spiro atoms. The lowest BCUT2D eigenvalue weighted by molar-refractivity contribution is 0.107. The zero-order chi connectivity index (χ0) is 16.8. The molecule has 2 nitrogen and oxygen atoms in total. The first-order valence-corrected chi connectivity index (χ1v) is 9.62. The van der Waals surface area contributed by atoms with Crippen LogP contribution in [0.4, 0.5) is 0 Å². The van der Waals surface area contributed by atoms with Gasteiger partial charge in [0.2, 0.25) is 0 Å². The topological polar surface area (TPSA) is 40.5 Å². The molecule has 132 valence electrons. The van der Waals surface area contributed by atoms with Crippen LogP contribution in [0.5, 0.6) is 0 Å². The molecule has 0 aliphatic rings. The maximum absolute atomic E-state index is 10.1. The molecule has 1 rings (SSSR count). The van der Waals surface area contributed by atoms with Crippen LogP contribution in [0.1, 0.15) is 83.1 Å². The van der Waals surface area contributed by atoms with Gasteiger partial charge >= 0.3 is 0 Å². The molecule has 0 aromatic heterocycles. The average molecular weight is 321 g/mol. The Bertz CT molecular complexity index is 363. The Hall–Kier alpha value is -0.860. The molecule has 2 N–H and O–H groups in total. The van der Waals surface area contributed by atoms with Gasteiger partial charge in [0, 0.05) is 0 Å². The van der Waals surface area contributed by atoms with Crippen molar-refractivity contribution in [1.29, 1.82) is 0 Å². The molecule has 0 radical (unpaired) electrons. The predicted octanol–water partition coefficient (Wildman–Crippen LogP) is 5.26. The second-order valence-corrected chi connectivity index (χ2v) is 6.84. The van der Waals surface area contributed by atoms with Gasteiger partial charge in [-0.15, -0.1) is 0 Å². The highest BCUT2D eigenvalue weighted by Crippen LogP contribution is 2.14. The maximum atomic E-state index is 10.1. The number of hydrogen-bond acceptors (Lipinski definition) is 2. The molecule has 0 unspecified atom stereocenters. The summed E-state index contributed by atoms with van der Waals surface area (Å²) in [5, 5.41) is 20.1. The quantitative estimate of drug-likeness (QED) is 0.459. The monoisotopic (exact) mass is 320 g/mol. The maximum Gasteiger partial charge on any atom is 0.0581 e. The Balaban J connectivity index is 1.96. The summed E-state index contributed by atoms with van der Waals surface area (Å²) in [4.78, 5) is 0. The lowest BCUT2D eigenvalue weighted by Gasteiger charge is -2.14. The number of benzene rings is 1. The third-order valence-corrected chi connectivity index (χ3v) is 4.54. The lowest BCUT2D eigenvalue weighted by Crippen LogP contribution is -2.15. The number of rotatable bonds is 14. The van der Waals surface area contributed by atoms with Gasteiger partial charge in [0.25, 0.3) is 0 Å². The first-order chi connectivity index (χ1) is 11.2. The predicted molar refractivity (Wildman–Crippen MR) is 98.6 cm³/mol. The van der Waals surface area contributed by atoms with Gasteiger partial charge in [0.1, 0.15) is 0 Å². The van der Waals surface area contributed by atoms with E-state index < -0.39 is 0 Å². The molecule has 0 saturated heterocycles. The number of hydrogen-bond donors (Lipinski definition) is 2. The van der Waals surface area contributed by atoms with Crippen LogP contribution in [0.2, 0.25) is 0 Å². The van der Waals surface area contributed by atoms with Gasteiger partial charge in [0.15, 0.2) is 0 Å². The fraction of sp³-hybridized carbons (Fsp3) is 0.714. The fourth-order valence-electron chi connectivity index (χ4n) is 3.03. The highest BCUT2D eigenvalue weighted by molar-refractivity contribution is 5.15. The molecule has 0 fully saturated rings. The van der Waals surface area contributed by atoms with Crippen LogP contribution in [0.25, 0.3) is 0 Å². The van der Waals surface area contributed by atoms with E-state index in [2.05, 4.69) is 6.92 Å². The Kier molecular flexibility index (Phi) is 11.9. The molecule has 0 aliphatic heterocycles. The first-order valence-electron chi connectivity index (χ1n) is 9.62. The fourth-order valence-corrected chi connectivity index (χ4v) is 3.03. The van der Waals surface area contributed by atoms with Crippen LogP contribution in [0, 0.1) is 0 Å². The van der Waals surface area contributed by atoms with Crippen LogP contribution >= 0.6 is 0 Å². The number of aliphatic hydroxyl groups is 2. The van der Waals surface area contributed by atoms with Gasteiger partial charge in [-0.05, 0) is 31.2 Å². The van der Waals surface area contributed by atoms with Gasteiger partial charge in [-0.3, -0.25) is 0 Å². The first kappa shape index (κ1) is 20.2. The van der Waals surface area contributed by atoms with Crippen LogP contribution in [-0.4, -0.2) is 22.4 Å². The molecular weight excluding hydrogens is 284 g/mol. The SMILES string of the molecule is CCCCCCCCCC[C@@H](O)CC[C@H](O)Cc1ccccc1. The van der Waals surface area contributed by atoms with Crippen molar-refractivity contribution in [3.8, 4) is 0 Å². The van der Waals surface area contributed by atoms with Crippen molar-refractivity contribution in [2.45, 2.75) is 96.2 Å². The van der Waals surface area contributed by atoms with Crippen molar-refractivity contribution in [1.82, 2.24) is 0 Å². The minimum absolute atomic E-state index is 0.250. The summed E-state index contributed by atoms with van der Waals surface area (Å²) in [6.45, 7) is 2.25. The van der Waals surface area contributed by atoms with Crippen molar-refractivity contribution in [2.24, 2.45) is 0 Å². The highest BCUT2D eigenvalue weighted by atomic mass is 16.3. The number of unbranched alkanes of at least 4 members (excludes halogenated alkanes) is 7. The summed E-state index contributed by atoms with van der Waals surface area (Å²) >= 11 is 0. The minimum Gasteiger partial charge on any atom is -0.393 e. The molecule has 1 aromatic rings. The Morgan fingerprint density at radius 3 is 1.91 bits per heavy atom. The van der Waals surface area contributed by atoms with Crippen molar-refractivity contribution in [3.05, 3.63) is 35.9 Å². The van der Waals surface area contributed by atoms with E-state index in [0.29, 0.717) is 19.3 Å². The Morgan fingerprint density at radius 1 is 0.696 bits per heavy atom. The lowest BCUT2D eigenvalue weighted by atomic mass is 9.99. The van der Waals surface area contributed by atoms with Gasteiger partial charge < -0.3 is 10.2 Å². The van der Waals surface area contributed by atoms with Crippen LogP contribution in [0.15, 0.2) is 30.3 Å². The molecule has 0 aliphatic carbocycles. The number of aliphatic hydroxyl groups excluding tert-OH is 2. The molecule has 23 heavy (non-hydrogen) atoms. The Labute approximate surface area is 142 Å². The largest absolute Gasteiger partial charge is 0.393 e. The summed E-state index contributed by atoms with van der Waals surface area (Å²) in [5.74, 6) is 0. The summed E-state index contributed by atoms with van der Waals surface area (Å²) in [5.41, 5.74) is 1.16. The summed E-state index contributed by atoms with van der Waals surface area (Å²) in [6.07, 6.45) is 12.8. The molecule has 2 atom stereocenters. The van der Waals surface area contributed by atoms with E-state index in [4.69, 9.17) is 0 Å². The van der Waals surface area contributed by atoms with Gasteiger partial charge in [-0.2, -0.15) is 0 Å². The third kappa shape index (κ3) is 11.3. The summed E-state index contributed by atoms with van der Waals surface area (Å²) in [6, 6.07) is 10.1. The van der Waals surface area contributed by atoms with Crippen molar-refractivity contribution in [2.75, 3.05) is 0 Å². The van der Waals surface area contributed by atoms with E-state index >= 15 is 0 Å². The molecular formula is C21H36O2. The van der Waals surface area contributed by atoms with Crippen molar-refractivity contribution < 1.29 is 10.2 Å². The van der Waals surface area contributed by atoms with Crippen LogP contribution in [0.3, 0.4) is 0 Å². The zero-order valence-corrected chi connectivity index (χ0v) is 14.9. The van der Waals surface area contributed by atoms with Crippen molar-refractivity contribution in [3.63, 3.8) is 0 Å². The van der Waals surface area contributed by atoms with E-state index in [9.17, 15) is 10.2 Å². The molecule has 1 aromatic carbocycles. The van der Waals surface area contributed by atoms with Crippen LogP contribution < -0.4 is 0 Å². The van der Waals surface area contributed by atoms with Crippen LogP contribution in [-0.2, 0) is 6.42 Å². The normalized spacial score (nSPS) is 13.9. The van der Waals surface area contributed by atoms with Gasteiger partial charge in [-0.25, -0.2) is 0 Å². The molecule has 0 amide bonds. The Morgan fingerprint density at radius 2 is 1.26 bits per heavy atom. The second kappa shape index (κ2) is 13.6. The molecule has 0 bridgehead atoms. The van der Waals surface area contributed by atoms with Crippen molar-refractivity contribution >= 4 is 0 Å². The molecule has 0 heterocycles. The summed E-state index contributed by atoms with van der Waals surface area (Å²) < 4.78 is 0. The third-order valence-electron chi connectivity index (χ3n) is 4.54. The van der Waals surface area contributed by atoms with E-state index in [-0.39, 0.29) is 12.2 Å². The standard InChI is InChI=1S/C21H36O2/c1-2-3-4-5-6-7-8-12-15-20(22)16-17-21(23)18-19-13-10-9-11-14-19/h9-11,13-14,20-23H,2-8,12,15-18H2,1H3/t20-,21+/m1/s1. The summed E-state index contributed by atoms with van der Waals surface area (Å²) in [7, 11) is 0. The van der Waals surface area contributed by atoms with E-state index in [1.807, 2.05) is 30.3 Å². The second-order valence-electron chi connectivity index (χ2n) is 6.84. The van der Waals surface area contributed by atoms with Gasteiger partial charge in [0.05, 0.1) is 12.2 Å².